The highest BCUT2D eigenvalue weighted by molar-refractivity contribution is 5.84. The van der Waals surface area contributed by atoms with Crippen molar-refractivity contribution in [3.8, 4) is 0 Å². The molecule has 2 rings (SSSR count). The molecule has 2 fully saturated rings. The monoisotopic (exact) mass is 310 g/mol. The Morgan fingerprint density at radius 2 is 1.82 bits per heavy atom. The first-order valence-electron chi connectivity index (χ1n) is 8.00. The predicted molar refractivity (Wildman–Crippen MR) is 85.3 cm³/mol. The molecule has 2 aliphatic heterocycles. The van der Waals surface area contributed by atoms with Gasteiger partial charge in [0.1, 0.15) is 6.04 Å². The summed E-state index contributed by atoms with van der Waals surface area (Å²) < 4.78 is 0. The zero-order valence-electron chi connectivity index (χ0n) is 14.0. The fourth-order valence-electron chi connectivity index (χ4n) is 2.94. The van der Waals surface area contributed by atoms with Crippen LogP contribution < -0.4 is 0 Å². The van der Waals surface area contributed by atoms with E-state index in [0.29, 0.717) is 13.1 Å². The van der Waals surface area contributed by atoms with Crippen molar-refractivity contribution in [3.63, 3.8) is 0 Å². The number of likely N-dealkylation sites (N-methyl/N-ethyl adjacent to an activating group) is 2. The van der Waals surface area contributed by atoms with Gasteiger partial charge in [0.2, 0.25) is 5.91 Å². The third-order valence-corrected chi connectivity index (χ3v) is 4.55. The van der Waals surface area contributed by atoms with Crippen LogP contribution in [0.5, 0.6) is 0 Å². The fraction of sp³-hybridized carbons (Fsp3) is 0.867. The van der Waals surface area contributed by atoms with Crippen LogP contribution in [0.4, 0.5) is 0 Å². The molecule has 1 unspecified atom stereocenters. The van der Waals surface area contributed by atoms with Crippen LogP contribution in [-0.2, 0) is 9.59 Å². The molecule has 0 aromatic carbocycles. The van der Waals surface area contributed by atoms with Crippen LogP contribution in [0.1, 0.15) is 0 Å². The van der Waals surface area contributed by atoms with E-state index in [4.69, 9.17) is 0 Å². The minimum atomic E-state index is -0.378. The van der Waals surface area contributed by atoms with Gasteiger partial charge in [0, 0.05) is 58.9 Å². The van der Waals surface area contributed by atoms with E-state index in [0.717, 1.165) is 45.8 Å². The molecular formula is C15H28N5O2. The molecule has 0 bridgehead atoms. The molecule has 2 amide bonds. The molecule has 2 heterocycles. The number of carbonyl (C=O) groups is 1. The zero-order valence-corrected chi connectivity index (χ0v) is 14.0. The smallest absolute Gasteiger partial charge is 0.312 e. The summed E-state index contributed by atoms with van der Waals surface area (Å²) in [6.07, 6.45) is 1.96. The Kier molecular flexibility index (Phi) is 6.16. The van der Waals surface area contributed by atoms with Gasteiger partial charge in [-0.05, 0) is 21.1 Å². The second-order valence-corrected chi connectivity index (χ2v) is 6.53. The normalized spacial score (nSPS) is 24.8. The van der Waals surface area contributed by atoms with Crippen LogP contribution >= 0.6 is 0 Å². The second kappa shape index (κ2) is 7.89. The lowest BCUT2D eigenvalue weighted by molar-refractivity contribution is -0.139. The topological polar surface area (TPSA) is 50.3 Å². The molecule has 125 valence electrons. The first kappa shape index (κ1) is 17.2. The summed E-state index contributed by atoms with van der Waals surface area (Å²) >= 11 is 0. The van der Waals surface area contributed by atoms with Gasteiger partial charge >= 0.3 is 6.41 Å². The van der Waals surface area contributed by atoms with E-state index < -0.39 is 0 Å². The van der Waals surface area contributed by atoms with E-state index in [1.54, 1.807) is 4.90 Å². The SMILES string of the molecule is CN(C)CCN1CCN([C]=O)C(C(=O)N2CCN(C)CC2)C1. The number of nitrogens with zero attached hydrogens (tertiary/aromatic N) is 5. The third kappa shape index (κ3) is 4.41. The lowest BCUT2D eigenvalue weighted by Gasteiger charge is -2.42. The molecule has 7 nitrogen and oxygen atoms in total. The van der Waals surface area contributed by atoms with Crippen molar-refractivity contribution in [2.45, 2.75) is 6.04 Å². The zero-order chi connectivity index (χ0) is 16.1. The first-order valence-corrected chi connectivity index (χ1v) is 8.00. The Morgan fingerprint density at radius 1 is 1.14 bits per heavy atom. The van der Waals surface area contributed by atoms with Gasteiger partial charge in [0.25, 0.3) is 0 Å². The van der Waals surface area contributed by atoms with Gasteiger partial charge in [-0.25, -0.2) is 0 Å². The second-order valence-electron chi connectivity index (χ2n) is 6.53. The van der Waals surface area contributed by atoms with Crippen molar-refractivity contribution in [2.24, 2.45) is 0 Å². The Bertz CT molecular complexity index is 382. The molecule has 2 saturated heterocycles. The molecule has 0 N–H and O–H groups in total. The highest BCUT2D eigenvalue weighted by Crippen LogP contribution is 2.12. The average molecular weight is 310 g/mol. The minimum absolute atomic E-state index is 0.0750. The number of amides is 2. The van der Waals surface area contributed by atoms with Gasteiger partial charge in [-0.3, -0.25) is 14.5 Å². The lowest BCUT2D eigenvalue weighted by atomic mass is 10.1. The Morgan fingerprint density at radius 3 is 2.41 bits per heavy atom. The molecule has 0 spiro atoms. The first-order chi connectivity index (χ1) is 10.5. The molecule has 0 saturated carbocycles. The Labute approximate surface area is 133 Å². The van der Waals surface area contributed by atoms with Crippen LogP contribution in [0.3, 0.4) is 0 Å². The summed E-state index contributed by atoms with van der Waals surface area (Å²) in [6.45, 7) is 7.19. The van der Waals surface area contributed by atoms with E-state index in [1.165, 1.54) is 0 Å². The molecule has 1 atom stereocenters. The van der Waals surface area contributed by atoms with Crippen LogP contribution in [0.25, 0.3) is 0 Å². The van der Waals surface area contributed by atoms with Crippen molar-refractivity contribution in [3.05, 3.63) is 0 Å². The molecular weight excluding hydrogens is 282 g/mol. The molecule has 1 radical (unpaired) electrons. The van der Waals surface area contributed by atoms with E-state index in [9.17, 15) is 9.59 Å². The largest absolute Gasteiger partial charge is 0.338 e. The van der Waals surface area contributed by atoms with Gasteiger partial charge in [-0.2, -0.15) is 0 Å². The van der Waals surface area contributed by atoms with E-state index in [-0.39, 0.29) is 11.9 Å². The fourth-order valence-corrected chi connectivity index (χ4v) is 2.94. The highest BCUT2D eigenvalue weighted by Gasteiger charge is 2.35. The van der Waals surface area contributed by atoms with Crippen molar-refractivity contribution in [1.29, 1.82) is 0 Å². The van der Waals surface area contributed by atoms with Crippen molar-refractivity contribution < 1.29 is 9.59 Å². The Balaban J connectivity index is 1.94. The average Bonchev–Trinajstić information content (AvgIpc) is 2.52. The number of hydrogen-bond acceptors (Lipinski definition) is 5. The molecule has 2 aliphatic rings. The maximum Gasteiger partial charge on any atom is 0.312 e. The Hall–Kier alpha value is -1.18. The van der Waals surface area contributed by atoms with Gasteiger partial charge < -0.3 is 19.6 Å². The molecule has 7 heteroatoms. The number of hydrogen-bond donors (Lipinski definition) is 0. The number of rotatable bonds is 5. The van der Waals surface area contributed by atoms with E-state index >= 15 is 0 Å². The van der Waals surface area contributed by atoms with Crippen LogP contribution in [-0.4, -0.2) is 123 Å². The van der Waals surface area contributed by atoms with Gasteiger partial charge in [0.15, 0.2) is 0 Å². The van der Waals surface area contributed by atoms with E-state index in [2.05, 4.69) is 21.7 Å². The molecule has 0 aromatic rings. The van der Waals surface area contributed by atoms with Crippen LogP contribution in [0.2, 0.25) is 0 Å². The van der Waals surface area contributed by atoms with Gasteiger partial charge in [-0.15, -0.1) is 0 Å². The van der Waals surface area contributed by atoms with Crippen molar-refractivity contribution >= 4 is 12.3 Å². The molecule has 0 aromatic heterocycles. The molecule has 22 heavy (non-hydrogen) atoms. The van der Waals surface area contributed by atoms with Crippen molar-refractivity contribution in [1.82, 2.24) is 24.5 Å². The summed E-state index contributed by atoms with van der Waals surface area (Å²) in [6, 6.07) is -0.378. The third-order valence-electron chi connectivity index (χ3n) is 4.55. The summed E-state index contributed by atoms with van der Waals surface area (Å²) in [4.78, 5) is 34.0. The summed E-state index contributed by atoms with van der Waals surface area (Å²) in [7, 11) is 6.15. The summed E-state index contributed by atoms with van der Waals surface area (Å²) in [5.74, 6) is 0.0750. The summed E-state index contributed by atoms with van der Waals surface area (Å²) in [5.41, 5.74) is 0. The maximum absolute atomic E-state index is 12.8. The van der Waals surface area contributed by atoms with Gasteiger partial charge in [0.05, 0.1) is 0 Å². The highest BCUT2D eigenvalue weighted by atomic mass is 16.2. The van der Waals surface area contributed by atoms with Gasteiger partial charge in [-0.1, -0.05) is 0 Å². The molecule has 0 aliphatic carbocycles. The van der Waals surface area contributed by atoms with Crippen LogP contribution in [0, 0.1) is 0 Å². The van der Waals surface area contributed by atoms with E-state index in [1.807, 2.05) is 25.4 Å². The van der Waals surface area contributed by atoms with Crippen molar-refractivity contribution in [2.75, 3.05) is 80.0 Å². The minimum Gasteiger partial charge on any atom is -0.338 e. The van der Waals surface area contributed by atoms with Crippen LogP contribution in [0.15, 0.2) is 0 Å². The maximum atomic E-state index is 12.8. The quantitative estimate of drug-likeness (QED) is 0.611. The standard InChI is InChI=1S/C15H28N5O2/c1-16(2)4-7-18-8-11-20(13-21)14(12-18)15(22)19-9-5-17(3)6-10-19/h14H,4-12H2,1-3H3. The lowest BCUT2D eigenvalue weighted by Crippen LogP contribution is -2.61. The summed E-state index contributed by atoms with van der Waals surface area (Å²) in [5, 5.41) is 0. The number of carbonyl (C=O) groups excluding carboxylic acids is 2. The number of piperazine rings is 2. The predicted octanol–water partition coefficient (Wildman–Crippen LogP) is -1.62.